The van der Waals surface area contributed by atoms with Crippen LogP contribution >= 0.6 is 0 Å². The number of hydrogen-bond acceptors (Lipinski definition) is 1. The van der Waals surface area contributed by atoms with Crippen LogP contribution in [0.3, 0.4) is 0 Å². The molecule has 1 rings (SSSR count). The van der Waals surface area contributed by atoms with Gasteiger partial charge in [0.2, 0.25) is 0 Å². The zero-order valence-corrected chi connectivity index (χ0v) is 6.73. The van der Waals surface area contributed by atoms with Gasteiger partial charge in [0.05, 0.1) is 6.04 Å². The van der Waals surface area contributed by atoms with Crippen LogP contribution in [-0.2, 0) is 0 Å². The van der Waals surface area contributed by atoms with Crippen molar-refractivity contribution in [3.8, 4) is 0 Å². The Morgan fingerprint density at radius 3 is 2.23 bits per heavy atom. The van der Waals surface area contributed by atoms with E-state index in [9.17, 15) is 13.2 Å². The van der Waals surface area contributed by atoms with Gasteiger partial charge in [-0.15, -0.1) is 6.58 Å². The average molecular weight is 187 g/mol. The first-order valence-corrected chi connectivity index (χ1v) is 3.59. The number of rotatable bonds is 2. The van der Waals surface area contributed by atoms with E-state index >= 15 is 0 Å². The summed E-state index contributed by atoms with van der Waals surface area (Å²) in [5.41, 5.74) is 5.26. The van der Waals surface area contributed by atoms with Gasteiger partial charge in [0.15, 0.2) is 11.6 Å². The topological polar surface area (TPSA) is 26.0 Å². The zero-order chi connectivity index (χ0) is 10.0. The highest BCUT2D eigenvalue weighted by atomic mass is 19.2. The minimum atomic E-state index is -1.22. The van der Waals surface area contributed by atoms with Crippen LogP contribution < -0.4 is 5.73 Å². The molecule has 0 aliphatic heterocycles. The van der Waals surface area contributed by atoms with Crippen LogP contribution in [0.5, 0.6) is 0 Å². The van der Waals surface area contributed by atoms with Crippen molar-refractivity contribution in [3.05, 3.63) is 47.8 Å². The van der Waals surface area contributed by atoms with Crippen molar-refractivity contribution >= 4 is 0 Å². The van der Waals surface area contributed by atoms with E-state index in [4.69, 9.17) is 5.73 Å². The van der Waals surface area contributed by atoms with Crippen LogP contribution in [0.25, 0.3) is 0 Å². The van der Waals surface area contributed by atoms with Gasteiger partial charge in [-0.05, 0) is 6.07 Å². The Morgan fingerprint density at radius 2 is 1.69 bits per heavy atom. The quantitative estimate of drug-likeness (QED) is 0.558. The molecule has 0 aliphatic rings. The molecule has 0 bridgehead atoms. The highest BCUT2D eigenvalue weighted by Crippen LogP contribution is 2.19. The van der Waals surface area contributed by atoms with Crippen LogP contribution in [0.2, 0.25) is 0 Å². The summed E-state index contributed by atoms with van der Waals surface area (Å²) in [6.45, 7) is 3.32. The van der Waals surface area contributed by atoms with E-state index in [1.54, 1.807) is 0 Å². The molecule has 0 aromatic heterocycles. The van der Waals surface area contributed by atoms with Gasteiger partial charge in [-0.1, -0.05) is 6.08 Å². The predicted molar refractivity (Wildman–Crippen MR) is 43.4 cm³/mol. The summed E-state index contributed by atoms with van der Waals surface area (Å²) in [5, 5.41) is 0. The first-order valence-electron chi connectivity index (χ1n) is 3.59. The molecule has 0 spiro atoms. The summed E-state index contributed by atoms with van der Waals surface area (Å²) >= 11 is 0. The molecule has 0 unspecified atom stereocenters. The summed E-state index contributed by atoms with van der Waals surface area (Å²) in [5.74, 6) is -3.21. The van der Waals surface area contributed by atoms with E-state index in [1.165, 1.54) is 6.08 Å². The average Bonchev–Trinajstić information content (AvgIpc) is 2.10. The maximum absolute atomic E-state index is 12.9. The van der Waals surface area contributed by atoms with Gasteiger partial charge in [0.25, 0.3) is 0 Å². The van der Waals surface area contributed by atoms with Crippen LogP contribution in [0.1, 0.15) is 11.6 Å². The molecule has 0 aliphatic carbocycles. The number of benzene rings is 1. The van der Waals surface area contributed by atoms with Gasteiger partial charge in [0, 0.05) is 11.6 Å². The zero-order valence-electron chi connectivity index (χ0n) is 6.73. The molecule has 4 heteroatoms. The molecular weight excluding hydrogens is 179 g/mol. The standard InChI is InChI=1S/C9H8F3N/c1-2-9(13)5-3-7(11)8(12)4-6(5)10/h2-4,9H,1,13H2/t9-/m0/s1. The predicted octanol–water partition coefficient (Wildman–Crippen LogP) is 2.29. The molecule has 0 heterocycles. The maximum Gasteiger partial charge on any atom is 0.161 e. The SMILES string of the molecule is C=C[C@H](N)c1cc(F)c(F)cc1F. The highest BCUT2D eigenvalue weighted by Gasteiger charge is 2.12. The second-order valence-corrected chi connectivity index (χ2v) is 2.55. The van der Waals surface area contributed by atoms with Crippen molar-refractivity contribution in [2.24, 2.45) is 5.73 Å². The maximum atomic E-state index is 12.9. The fourth-order valence-electron chi connectivity index (χ4n) is 0.920. The molecular formula is C9H8F3N. The van der Waals surface area contributed by atoms with E-state index in [-0.39, 0.29) is 5.56 Å². The monoisotopic (exact) mass is 187 g/mol. The smallest absolute Gasteiger partial charge is 0.161 e. The summed E-state index contributed by atoms with van der Waals surface area (Å²) in [4.78, 5) is 0. The summed E-state index contributed by atoms with van der Waals surface area (Å²) in [6.07, 6.45) is 1.25. The molecule has 1 atom stereocenters. The minimum Gasteiger partial charge on any atom is -0.321 e. The van der Waals surface area contributed by atoms with Crippen molar-refractivity contribution in [2.45, 2.75) is 6.04 Å². The molecule has 70 valence electrons. The van der Waals surface area contributed by atoms with E-state index in [2.05, 4.69) is 6.58 Å². The molecule has 0 radical (unpaired) electrons. The molecule has 1 aromatic carbocycles. The van der Waals surface area contributed by atoms with E-state index in [0.29, 0.717) is 6.07 Å². The molecule has 0 saturated heterocycles. The lowest BCUT2D eigenvalue weighted by Gasteiger charge is -2.07. The highest BCUT2D eigenvalue weighted by molar-refractivity contribution is 5.25. The van der Waals surface area contributed by atoms with Gasteiger partial charge in [-0.3, -0.25) is 0 Å². The van der Waals surface area contributed by atoms with E-state index < -0.39 is 23.5 Å². The second-order valence-electron chi connectivity index (χ2n) is 2.55. The Morgan fingerprint density at radius 1 is 1.15 bits per heavy atom. The lowest BCUT2D eigenvalue weighted by molar-refractivity contribution is 0.488. The van der Waals surface area contributed by atoms with Crippen molar-refractivity contribution < 1.29 is 13.2 Å². The largest absolute Gasteiger partial charge is 0.321 e. The van der Waals surface area contributed by atoms with Gasteiger partial charge >= 0.3 is 0 Å². The normalized spacial score (nSPS) is 12.6. The van der Waals surface area contributed by atoms with Crippen molar-refractivity contribution in [3.63, 3.8) is 0 Å². The summed E-state index contributed by atoms with van der Waals surface area (Å²) < 4.78 is 38.0. The third-order valence-electron chi connectivity index (χ3n) is 1.65. The van der Waals surface area contributed by atoms with Crippen molar-refractivity contribution in [2.75, 3.05) is 0 Å². The van der Waals surface area contributed by atoms with Crippen LogP contribution in [0.4, 0.5) is 13.2 Å². The van der Waals surface area contributed by atoms with E-state index in [1.807, 2.05) is 0 Å². The lowest BCUT2D eigenvalue weighted by Crippen LogP contribution is -2.09. The third kappa shape index (κ3) is 1.89. The molecule has 2 N–H and O–H groups in total. The Labute approximate surface area is 73.7 Å². The van der Waals surface area contributed by atoms with Gasteiger partial charge in [-0.25, -0.2) is 13.2 Å². The fraction of sp³-hybridized carbons (Fsp3) is 0.111. The molecule has 0 saturated carbocycles. The first-order chi connectivity index (χ1) is 6.06. The van der Waals surface area contributed by atoms with Gasteiger partial charge in [-0.2, -0.15) is 0 Å². The molecule has 1 nitrogen and oxygen atoms in total. The Hall–Kier alpha value is -1.29. The van der Waals surface area contributed by atoms with Gasteiger partial charge < -0.3 is 5.73 Å². The Bertz CT molecular complexity index is 336. The molecule has 0 amide bonds. The first kappa shape index (κ1) is 9.80. The van der Waals surface area contributed by atoms with Crippen LogP contribution in [0.15, 0.2) is 24.8 Å². The molecule has 1 aromatic rings. The minimum absolute atomic E-state index is 0.103. The fourth-order valence-corrected chi connectivity index (χ4v) is 0.920. The number of nitrogens with two attached hydrogens (primary N) is 1. The number of halogens is 3. The van der Waals surface area contributed by atoms with E-state index in [0.717, 1.165) is 6.07 Å². The third-order valence-corrected chi connectivity index (χ3v) is 1.65. The molecule has 0 fully saturated rings. The van der Waals surface area contributed by atoms with Crippen molar-refractivity contribution in [1.82, 2.24) is 0 Å². The molecule has 13 heavy (non-hydrogen) atoms. The van der Waals surface area contributed by atoms with Crippen LogP contribution in [-0.4, -0.2) is 0 Å². The second kappa shape index (κ2) is 3.62. The Balaban J connectivity index is 3.22. The van der Waals surface area contributed by atoms with Gasteiger partial charge in [0.1, 0.15) is 5.82 Å². The summed E-state index contributed by atoms with van der Waals surface area (Å²) in [7, 11) is 0. The summed E-state index contributed by atoms with van der Waals surface area (Å²) in [6, 6.07) is 0.375. The van der Waals surface area contributed by atoms with Crippen molar-refractivity contribution in [1.29, 1.82) is 0 Å². The lowest BCUT2D eigenvalue weighted by atomic mass is 10.1. The number of hydrogen-bond donors (Lipinski definition) is 1. The van der Waals surface area contributed by atoms with Crippen LogP contribution in [0, 0.1) is 17.5 Å². The Kier molecular flexibility index (Phi) is 2.72.